The first-order chi connectivity index (χ1) is 15.9. The molecule has 0 aromatic heterocycles. The smallest absolute Gasteiger partial charge is 0.407 e. The molecule has 2 atom stereocenters. The standard InChI is InChI=1S/C25H26N2O6/c1-25(23(29)30)13-27(14-25)22(28)20-10-32-12-21(20)26-24(31)33-11-19-17-8-4-2-6-15(17)16-7-3-5-9-18(16)19/h2-9,19-21H,10-14H2,1H3,(H,26,31)(H,29,30). The second-order valence-electron chi connectivity index (χ2n) is 9.28. The number of alkyl carbamates (subject to hydrolysis) is 1. The largest absolute Gasteiger partial charge is 0.481 e. The van der Waals surface area contributed by atoms with E-state index in [9.17, 15) is 19.5 Å². The number of hydrogen-bond donors (Lipinski definition) is 2. The van der Waals surface area contributed by atoms with Crippen LogP contribution in [0.1, 0.15) is 24.0 Å². The summed E-state index contributed by atoms with van der Waals surface area (Å²) in [7, 11) is 0. The third-order valence-electron chi connectivity index (χ3n) is 6.95. The predicted molar refractivity (Wildman–Crippen MR) is 119 cm³/mol. The molecule has 5 rings (SSSR count). The van der Waals surface area contributed by atoms with Gasteiger partial charge in [-0.25, -0.2) is 4.79 Å². The second-order valence-corrected chi connectivity index (χ2v) is 9.28. The minimum Gasteiger partial charge on any atom is -0.481 e. The molecule has 2 saturated heterocycles. The number of likely N-dealkylation sites (tertiary alicyclic amines) is 1. The number of carboxylic acid groups (broad SMARTS) is 1. The number of aliphatic carboxylic acids is 1. The lowest BCUT2D eigenvalue weighted by Crippen LogP contribution is -2.63. The SMILES string of the molecule is CC1(C(=O)O)CN(C(=O)C2COCC2NC(=O)OCC2c3ccccc3-c3ccccc32)C1. The molecule has 2 fully saturated rings. The van der Waals surface area contributed by atoms with Gasteiger partial charge in [-0.05, 0) is 29.2 Å². The maximum atomic E-state index is 12.8. The van der Waals surface area contributed by atoms with Crippen molar-refractivity contribution in [2.24, 2.45) is 11.3 Å². The van der Waals surface area contributed by atoms with Crippen LogP contribution in [0.4, 0.5) is 4.79 Å². The summed E-state index contributed by atoms with van der Waals surface area (Å²) in [6.07, 6.45) is -0.593. The molecule has 2 aromatic carbocycles. The van der Waals surface area contributed by atoms with E-state index in [0.29, 0.717) is 0 Å². The van der Waals surface area contributed by atoms with Crippen LogP contribution in [-0.2, 0) is 19.1 Å². The van der Waals surface area contributed by atoms with Crippen LogP contribution in [0.2, 0.25) is 0 Å². The minimum atomic E-state index is -0.914. The molecule has 0 spiro atoms. The molecule has 0 saturated carbocycles. The molecule has 8 nitrogen and oxygen atoms in total. The molecule has 2 unspecified atom stereocenters. The van der Waals surface area contributed by atoms with E-state index in [1.807, 2.05) is 24.3 Å². The highest BCUT2D eigenvalue weighted by molar-refractivity contribution is 5.86. The monoisotopic (exact) mass is 450 g/mol. The van der Waals surface area contributed by atoms with Gasteiger partial charge < -0.3 is 24.8 Å². The zero-order valence-electron chi connectivity index (χ0n) is 18.3. The maximum Gasteiger partial charge on any atom is 0.407 e. The average molecular weight is 450 g/mol. The number of nitrogens with zero attached hydrogens (tertiary/aromatic N) is 1. The summed E-state index contributed by atoms with van der Waals surface area (Å²) in [5.41, 5.74) is 3.65. The Morgan fingerprint density at radius 2 is 1.67 bits per heavy atom. The molecule has 3 aliphatic rings. The summed E-state index contributed by atoms with van der Waals surface area (Å²) >= 11 is 0. The van der Waals surface area contributed by atoms with Crippen LogP contribution >= 0.6 is 0 Å². The minimum absolute atomic E-state index is 0.0461. The van der Waals surface area contributed by atoms with Crippen molar-refractivity contribution in [1.82, 2.24) is 10.2 Å². The van der Waals surface area contributed by atoms with Gasteiger partial charge in [-0.1, -0.05) is 48.5 Å². The van der Waals surface area contributed by atoms with Crippen LogP contribution in [-0.4, -0.2) is 66.9 Å². The fourth-order valence-corrected chi connectivity index (χ4v) is 5.05. The fourth-order valence-electron chi connectivity index (χ4n) is 5.05. The van der Waals surface area contributed by atoms with Crippen molar-refractivity contribution in [1.29, 1.82) is 0 Å². The van der Waals surface area contributed by atoms with Crippen molar-refractivity contribution in [3.05, 3.63) is 59.7 Å². The molecule has 2 heterocycles. The van der Waals surface area contributed by atoms with Gasteiger partial charge in [0.1, 0.15) is 6.61 Å². The number of rotatable bonds is 5. The van der Waals surface area contributed by atoms with E-state index in [1.54, 1.807) is 6.92 Å². The summed E-state index contributed by atoms with van der Waals surface area (Å²) in [4.78, 5) is 38.2. The molecule has 2 amide bonds. The van der Waals surface area contributed by atoms with Gasteiger partial charge in [-0.3, -0.25) is 9.59 Å². The van der Waals surface area contributed by atoms with Gasteiger partial charge in [0.25, 0.3) is 0 Å². The van der Waals surface area contributed by atoms with E-state index in [4.69, 9.17) is 9.47 Å². The molecule has 33 heavy (non-hydrogen) atoms. The van der Waals surface area contributed by atoms with Crippen LogP contribution < -0.4 is 5.32 Å². The highest BCUT2D eigenvalue weighted by atomic mass is 16.5. The number of carboxylic acids is 1. The quantitative estimate of drug-likeness (QED) is 0.725. The lowest BCUT2D eigenvalue weighted by molar-refractivity contribution is -0.165. The van der Waals surface area contributed by atoms with Crippen LogP contribution in [0.15, 0.2) is 48.5 Å². The Hall–Kier alpha value is -3.39. The number of ether oxygens (including phenoxy) is 2. The molecule has 2 aliphatic heterocycles. The summed E-state index contributed by atoms with van der Waals surface area (Å²) in [6, 6.07) is 15.7. The Morgan fingerprint density at radius 3 is 2.27 bits per heavy atom. The fraction of sp³-hybridized carbons (Fsp3) is 0.400. The van der Waals surface area contributed by atoms with E-state index >= 15 is 0 Å². The van der Waals surface area contributed by atoms with E-state index in [1.165, 1.54) is 4.90 Å². The first-order valence-corrected chi connectivity index (χ1v) is 11.1. The third kappa shape index (κ3) is 3.74. The van der Waals surface area contributed by atoms with E-state index < -0.39 is 29.4 Å². The normalized spacial score (nSPS) is 22.8. The van der Waals surface area contributed by atoms with Crippen molar-refractivity contribution in [2.75, 3.05) is 32.9 Å². The number of hydrogen-bond acceptors (Lipinski definition) is 5. The zero-order valence-corrected chi connectivity index (χ0v) is 18.3. The molecule has 1 aliphatic carbocycles. The Bertz CT molecular complexity index is 1060. The third-order valence-corrected chi connectivity index (χ3v) is 6.95. The van der Waals surface area contributed by atoms with Crippen LogP contribution in [0, 0.1) is 11.3 Å². The first kappa shape index (κ1) is 21.5. The first-order valence-electron chi connectivity index (χ1n) is 11.1. The van der Waals surface area contributed by atoms with Gasteiger partial charge in [0, 0.05) is 19.0 Å². The van der Waals surface area contributed by atoms with Crippen LogP contribution in [0.5, 0.6) is 0 Å². The number of fused-ring (bicyclic) bond motifs is 3. The molecule has 8 heteroatoms. The topological polar surface area (TPSA) is 105 Å². The van der Waals surface area contributed by atoms with Gasteiger partial charge in [0.05, 0.1) is 30.6 Å². The Kier molecular flexibility index (Phi) is 5.32. The summed E-state index contributed by atoms with van der Waals surface area (Å²) in [5, 5.41) is 12.0. The summed E-state index contributed by atoms with van der Waals surface area (Å²) in [6.45, 7) is 2.54. The van der Waals surface area contributed by atoms with E-state index in [2.05, 4.69) is 29.6 Å². The van der Waals surface area contributed by atoms with Gasteiger partial charge in [0.2, 0.25) is 5.91 Å². The predicted octanol–water partition coefficient (Wildman–Crippen LogP) is 2.47. The van der Waals surface area contributed by atoms with Crippen molar-refractivity contribution < 1.29 is 29.0 Å². The van der Waals surface area contributed by atoms with Gasteiger partial charge >= 0.3 is 12.1 Å². The Balaban J connectivity index is 1.20. The van der Waals surface area contributed by atoms with Gasteiger partial charge in [0.15, 0.2) is 0 Å². The highest BCUT2D eigenvalue weighted by Gasteiger charge is 2.50. The Morgan fingerprint density at radius 1 is 1.06 bits per heavy atom. The lowest BCUT2D eigenvalue weighted by Gasteiger charge is -2.46. The molecule has 2 N–H and O–H groups in total. The van der Waals surface area contributed by atoms with Gasteiger partial charge in [-0.2, -0.15) is 0 Å². The van der Waals surface area contributed by atoms with E-state index in [-0.39, 0.29) is 44.7 Å². The molecule has 0 radical (unpaired) electrons. The number of nitrogens with one attached hydrogen (secondary N) is 1. The highest BCUT2D eigenvalue weighted by Crippen LogP contribution is 2.44. The van der Waals surface area contributed by atoms with Crippen molar-refractivity contribution in [2.45, 2.75) is 18.9 Å². The zero-order chi connectivity index (χ0) is 23.2. The summed E-state index contributed by atoms with van der Waals surface area (Å²) in [5.74, 6) is -1.71. The number of amides is 2. The molecule has 172 valence electrons. The molecular weight excluding hydrogens is 424 g/mol. The average Bonchev–Trinajstić information content (AvgIpc) is 3.37. The van der Waals surface area contributed by atoms with Crippen LogP contribution in [0.25, 0.3) is 11.1 Å². The van der Waals surface area contributed by atoms with Gasteiger partial charge in [-0.15, -0.1) is 0 Å². The van der Waals surface area contributed by atoms with E-state index in [0.717, 1.165) is 22.3 Å². The maximum absolute atomic E-state index is 12.8. The van der Waals surface area contributed by atoms with Crippen LogP contribution in [0.3, 0.4) is 0 Å². The Labute approximate surface area is 191 Å². The number of carbonyl (C=O) groups excluding carboxylic acids is 2. The number of carbonyl (C=O) groups is 3. The molecular formula is C25H26N2O6. The van der Waals surface area contributed by atoms with Crippen molar-refractivity contribution in [3.8, 4) is 11.1 Å². The molecule has 0 bridgehead atoms. The summed E-state index contributed by atoms with van der Waals surface area (Å²) < 4.78 is 11.0. The lowest BCUT2D eigenvalue weighted by atomic mass is 9.81. The molecule has 2 aromatic rings. The number of benzene rings is 2. The van der Waals surface area contributed by atoms with Crippen molar-refractivity contribution in [3.63, 3.8) is 0 Å². The van der Waals surface area contributed by atoms with Crippen molar-refractivity contribution >= 4 is 18.0 Å². The second kappa shape index (κ2) is 8.19.